The van der Waals surface area contributed by atoms with E-state index >= 15 is 0 Å². The largest absolute Gasteiger partial charge is 0.381 e. The van der Waals surface area contributed by atoms with E-state index in [9.17, 15) is 0 Å². The Morgan fingerprint density at radius 3 is 2.67 bits per heavy atom. The third kappa shape index (κ3) is 4.32. The third-order valence-corrected chi connectivity index (χ3v) is 5.35. The van der Waals surface area contributed by atoms with Gasteiger partial charge in [-0.2, -0.15) is 4.37 Å². The summed E-state index contributed by atoms with van der Waals surface area (Å²) in [6.07, 6.45) is 2.87. The average Bonchev–Trinajstić information content (AvgIpc) is 3.10. The summed E-state index contributed by atoms with van der Waals surface area (Å²) < 4.78 is 9.95. The molecule has 0 saturated carbocycles. The smallest absolute Gasteiger partial charge is 0.202 e. The molecule has 2 aromatic rings. The van der Waals surface area contributed by atoms with Crippen molar-refractivity contribution in [3.63, 3.8) is 0 Å². The molecule has 3 rings (SSSR count). The molecule has 1 aliphatic rings. The van der Waals surface area contributed by atoms with Crippen LogP contribution in [0.2, 0.25) is 0 Å². The lowest BCUT2D eigenvalue weighted by molar-refractivity contribution is 0.0389. The van der Waals surface area contributed by atoms with Gasteiger partial charge in [0.2, 0.25) is 5.13 Å². The minimum atomic E-state index is 0.0194. The monoisotopic (exact) mass is 346 g/mol. The Kier molecular flexibility index (Phi) is 5.81. The van der Waals surface area contributed by atoms with Gasteiger partial charge in [-0.1, -0.05) is 37.3 Å². The summed E-state index contributed by atoms with van der Waals surface area (Å²) >= 11 is 1.45. The summed E-state index contributed by atoms with van der Waals surface area (Å²) in [5.41, 5.74) is 1.33. The van der Waals surface area contributed by atoms with Crippen LogP contribution in [0.3, 0.4) is 0 Å². The van der Waals surface area contributed by atoms with E-state index < -0.39 is 0 Å². The SMILES string of the molecule is CCc1nsc(NCC2(N[C@@H](C)c3ccccc3)CCOCC2)n1. The minimum Gasteiger partial charge on any atom is -0.381 e. The molecule has 1 aliphatic heterocycles. The minimum absolute atomic E-state index is 0.0194. The molecule has 1 aromatic heterocycles. The van der Waals surface area contributed by atoms with Crippen LogP contribution in [0.5, 0.6) is 0 Å². The third-order valence-electron chi connectivity index (χ3n) is 4.63. The number of ether oxygens (including phenoxy) is 1. The van der Waals surface area contributed by atoms with E-state index in [0.717, 1.165) is 50.0 Å². The summed E-state index contributed by atoms with van der Waals surface area (Å²) in [6.45, 7) is 6.74. The lowest BCUT2D eigenvalue weighted by Crippen LogP contribution is -2.54. The van der Waals surface area contributed by atoms with Gasteiger partial charge in [0.15, 0.2) is 0 Å². The molecule has 2 heterocycles. The van der Waals surface area contributed by atoms with Crippen LogP contribution >= 0.6 is 11.5 Å². The van der Waals surface area contributed by atoms with Crippen LogP contribution in [-0.2, 0) is 11.2 Å². The number of hydrogen-bond acceptors (Lipinski definition) is 6. The molecule has 24 heavy (non-hydrogen) atoms. The number of aromatic nitrogens is 2. The molecular weight excluding hydrogens is 320 g/mol. The van der Waals surface area contributed by atoms with Gasteiger partial charge in [0, 0.05) is 49.3 Å². The van der Waals surface area contributed by atoms with Gasteiger partial charge >= 0.3 is 0 Å². The normalized spacial score (nSPS) is 18.2. The molecule has 0 amide bonds. The van der Waals surface area contributed by atoms with E-state index in [-0.39, 0.29) is 5.54 Å². The first-order valence-electron chi connectivity index (χ1n) is 8.68. The first-order valence-corrected chi connectivity index (χ1v) is 9.45. The maximum absolute atomic E-state index is 5.59. The Morgan fingerprint density at radius 1 is 1.25 bits per heavy atom. The van der Waals surface area contributed by atoms with Crippen LogP contribution < -0.4 is 10.6 Å². The summed E-state index contributed by atoms with van der Waals surface area (Å²) in [5, 5.41) is 8.26. The lowest BCUT2D eigenvalue weighted by Gasteiger charge is -2.40. The van der Waals surface area contributed by atoms with Crippen molar-refractivity contribution >= 4 is 16.7 Å². The first-order chi connectivity index (χ1) is 11.7. The number of aryl methyl sites for hydroxylation is 1. The van der Waals surface area contributed by atoms with Gasteiger partial charge in [-0.05, 0) is 25.3 Å². The Hall–Kier alpha value is -1.50. The van der Waals surface area contributed by atoms with Crippen molar-refractivity contribution in [3.05, 3.63) is 41.7 Å². The molecule has 1 aromatic carbocycles. The standard InChI is InChI=1S/C18H26N4OS/c1-3-16-20-17(24-22-16)19-13-18(9-11-23-12-10-18)21-14(2)15-7-5-4-6-8-15/h4-8,14,21H,3,9-13H2,1-2H3,(H,19,20,22)/t14-/m0/s1. The van der Waals surface area contributed by atoms with Gasteiger partial charge in [0.1, 0.15) is 5.82 Å². The van der Waals surface area contributed by atoms with E-state index in [4.69, 9.17) is 4.74 Å². The van der Waals surface area contributed by atoms with Crippen LogP contribution in [0, 0.1) is 0 Å². The highest BCUT2D eigenvalue weighted by Gasteiger charge is 2.34. The zero-order chi connectivity index (χ0) is 16.8. The van der Waals surface area contributed by atoms with Crippen LogP contribution in [0.1, 0.15) is 44.1 Å². The van der Waals surface area contributed by atoms with Gasteiger partial charge < -0.3 is 15.4 Å². The maximum atomic E-state index is 5.59. The number of anilines is 1. The second-order valence-electron chi connectivity index (χ2n) is 6.39. The quantitative estimate of drug-likeness (QED) is 0.804. The van der Waals surface area contributed by atoms with Gasteiger partial charge in [-0.3, -0.25) is 0 Å². The van der Waals surface area contributed by atoms with Gasteiger partial charge in [-0.15, -0.1) is 0 Å². The molecule has 1 saturated heterocycles. The molecular formula is C18H26N4OS. The van der Waals surface area contributed by atoms with Crippen molar-refractivity contribution < 1.29 is 4.74 Å². The number of nitrogens with zero attached hydrogens (tertiary/aromatic N) is 2. The molecule has 0 radical (unpaired) electrons. The number of nitrogens with one attached hydrogen (secondary N) is 2. The maximum Gasteiger partial charge on any atom is 0.202 e. The zero-order valence-corrected chi connectivity index (χ0v) is 15.2. The van der Waals surface area contributed by atoms with Crippen LogP contribution in [0.15, 0.2) is 30.3 Å². The molecule has 1 atom stereocenters. The van der Waals surface area contributed by atoms with E-state index in [0.29, 0.717) is 6.04 Å². The molecule has 0 unspecified atom stereocenters. The van der Waals surface area contributed by atoms with Crippen molar-refractivity contribution in [1.82, 2.24) is 14.7 Å². The second kappa shape index (κ2) is 8.05. The van der Waals surface area contributed by atoms with Crippen LogP contribution in [-0.4, -0.2) is 34.7 Å². The second-order valence-corrected chi connectivity index (χ2v) is 7.14. The Morgan fingerprint density at radius 2 is 2.00 bits per heavy atom. The van der Waals surface area contributed by atoms with Gasteiger partial charge in [-0.25, -0.2) is 4.98 Å². The summed E-state index contributed by atoms with van der Waals surface area (Å²) in [6, 6.07) is 10.9. The number of rotatable bonds is 7. The molecule has 130 valence electrons. The fraction of sp³-hybridized carbons (Fsp3) is 0.556. The summed E-state index contributed by atoms with van der Waals surface area (Å²) in [7, 11) is 0. The van der Waals surface area contributed by atoms with E-state index in [1.54, 1.807) is 0 Å². The molecule has 6 heteroatoms. The molecule has 0 spiro atoms. The first kappa shape index (κ1) is 17.3. The van der Waals surface area contributed by atoms with Crippen molar-refractivity contribution in [2.75, 3.05) is 25.1 Å². The van der Waals surface area contributed by atoms with Crippen LogP contribution in [0.25, 0.3) is 0 Å². The zero-order valence-electron chi connectivity index (χ0n) is 14.4. The van der Waals surface area contributed by atoms with Crippen molar-refractivity contribution in [2.24, 2.45) is 0 Å². The Bertz CT molecular complexity index is 625. The molecule has 5 nitrogen and oxygen atoms in total. The van der Waals surface area contributed by atoms with E-state index in [1.165, 1.54) is 17.1 Å². The molecule has 1 fully saturated rings. The fourth-order valence-corrected chi connectivity index (χ4v) is 3.78. The molecule has 0 bridgehead atoms. The Balaban J connectivity index is 1.67. The van der Waals surface area contributed by atoms with Crippen molar-refractivity contribution in [2.45, 2.75) is 44.7 Å². The summed E-state index contributed by atoms with van der Waals surface area (Å²) in [4.78, 5) is 4.52. The summed E-state index contributed by atoms with van der Waals surface area (Å²) in [5.74, 6) is 0.911. The van der Waals surface area contributed by atoms with Gasteiger partial charge in [0.25, 0.3) is 0 Å². The predicted octanol–water partition coefficient (Wildman–Crippen LogP) is 3.41. The van der Waals surface area contributed by atoms with E-state index in [2.05, 4.69) is 64.2 Å². The average molecular weight is 347 g/mol. The Labute approximate surface area is 148 Å². The number of hydrogen-bond donors (Lipinski definition) is 2. The van der Waals surface area contributed by atoms with Crippen LogP contribution in [0.4, 0.5) is 5.13 Å². The highest BCUT2D eigenvalue weighted by molar-refractivity contribution is 7.09. The highest BCUT2D eigenvalue weighted by atomic mass is 32.1. The van der Waals surface area contributed by atoms with Gasteiger partial charge in [0.05, 0.1) is 0 Å². The molecule has 0 aliphatic carbocycles. The fourth-order valence-electron chi connectivity index (χ4n) is 3.13. The molecule has 2 N–H and O–H groups in total. The predicted molar refractivity (Wildman–Crippen MR) is 98.6 cm³/mol. The van der Waals surface area contributed by atoms with E-state index in [1.807, 2.05) is 0 Å². The highest BCUT2D eigenvalue weighted by Crippen LogP contribution is 2.26. The topological polar surface area (TPSA) is 59.1 Å². The van der Waals surface area contributed by atoms with Crippen molar-refractivity contribution in [3.8, 4) is 0 Å². The van der Waals surface area contributed by atoms with Crippen molar-refractivity contribution in [1.29, 1.82) is 0 Å². The lowest BCUT2D eigenvalue weighted by atomic mass is 9.88. The number of benzene rings is 1.